The molecule has 1 fully saturated rings. The van der Waals surface area contributed by atoms with Gasteiger partial charge in [0.2, 0.25) is 0 Å². The molecule has 16 heavy (non-hydrogen) atoms. The first kappa shape index (κ1) is 13.5. The Labute approximate surface area is 97.5 Å². The zero-order chi connectivity index (χ0) is 12.4. The van der Waals surface area contributed by atoms with Crippen LogP contribution in [0.2, 0.25) is 0 Å². The molecule has 1 unspecified atom stereocenters. The molecule has 0 aromatic carbocycles. The maximum atomic E-state index is 11.9. The van der Waals surface area contributed by atoms with Gasteiger partial charge in [-0.25, -0.2) is 0 Å². The molecule has 0 heterocycles. The molecule has 94 valence electrons. The second kappa shape index (κ2) is 4.72. The van der Waals surface area contributed by atoms with Crippen molar-refractivity contribution in [3.63, 3.8) is 0 Å². The molecule has 1 aliphatic rings. The Kier molecular flexibility index (Phi) is 3.97. The molecule has 1 atom stereocenters. The summed E-state index contributed by atoms with van der Waals surface area (Å²) >= 11 is 0. The molecule has 0 saturated heterocycles. The molecular weight excluding hydrogens is 206 g/mol. The fourth-order valence-corrected chi connectivity index (χ4v) is 2.20. The van der Waals surface area contributed by atoms with Crippen LogP contribution in [0.4, 0.5) is 0 Å². The van der Waals surface area contributed by atoms with E-state index in [4.69, 9.17) is 15.2 Å². The SMILES string of the molecule is COC1(C(N)C(=O)OC(C)(C)C)CCCC1. The Bertz CT molecular complexity index is 251. The Morgan fingerprint density at radius 3 is 2.19 bits per heavy atom. The zero-order valence-corrected chi connectivity index (χ0v) is 10.7. The van der Waals surface area contributed by atoms with Crippen LogP contribution in [0.1, 0.15) is 46.5 Å². The molecule has 0 spiro atoms. The van der Waals surface area contributed by atoms with Crippen LogP contribution in [0.5, 0.6) is 0 Å². The van der Waals surface area contributed by atoms with Gasteiger partial charge in [-0.15, -0.1) is 0 Å². The quantitative estimate of drug-likeness (QED) is 0.747. The van der Waals surface area contributed by atoms with E-state index < -0.39 is 17.2 Å². The summed E-state index contributed by atoms with van der Waals surface area (Å²) in [5.74, 6) is -0.365. The lowest BCUT2D eigenvalue weighted by Gasteiger charge is -2.34. The number of carbonyl (C=O) groups is 1. The number of methoxy groups -OCH3 is 1. The van der Waals surface area contributed by atoms with Crippen molar-refractivity contribution in [2.24, 2.45) is 5.73 Å². The van der Waals surface area contributed by atoms with E-state index >= 15 is 0 Å². The van der Waals surface area contributed by atoms with Gasteiger partial charge >= 0.3 is 5.97 Å². The van der Waals surface area contributed by atoms with E-state index in [2.05, 4.69) is 0 Å². The Morgan fingerprint density at radius 2 is 1.81 bits per heavy atom. The third kappa shape index (κ3) is 2.95. The third-order valence-corrected chi connectivity index (χ3v) is 3.08. The van der Waals surface area contributed by atoms with Crippen molar-refractivity contribution in [2.45, 2.75) is 63.7 Å². The molecule has 2 N–H and O–H groups in total. The Balaban J connectivity index is 2.68. The van der Waals surface area contributed by atoms with Crippen LogP contribution in [0, 0.1) is 0 Å². The highest BCUT2D eigenvalue weighted by Gasteiger charge is 2.44. The molecule has 0 aliphatic heterocycles. The summed E-state index contributed by atoms with van der Waals surface area (Å²) in [6.07, 6.45) is 3.79. The fraction of sp³-hybridized carbons (Fsp3) is 0.917. The number of nitrogens with two attached hydrogens (primary N) is 1. The lowest BCUT2D eigenvalue weighted by molar-refractivity contribution is -0.164. The van der Waals surface area contributed by atoms with Crippen molar-refractivity contribution in [2.75, 3.05) is 7.11 Å². The van der Waals surface area contributed by atoms with E-state index in [-0.39, 0.29) is 5.97 Å². The normalized spacial score (nSPS) is 21.8. The van der Waals surface area contributed by atoms with Gasteiger partial charge in [0, 0.05) is 7.11 Å². The summed E-state index contributed by atoms with van der Waals surface area (Å²) in [4.78, 5) is 11.9. The Morgan fingerprint density at radius 1 is 1.31 bits per heavy atom. The van der Waals surface area contributed by atoms with Gasteiger partial charge < -0.3 is 15.2 Å². The molecule has 4 nitrogen and oxygen atoms in total. The highest BCUT2D eigenvalue weighted by Crippen LogP contribution is 2.35. The lowest BCUT2D eigenvalue weighted by atomic mass is 9.92. The summed E-state index contributed by atoms with van der Waals surface area (Å²) in [7, 11) is 1.62. The number of hydrogen-bond donors (Lipinski definition) is 1. The summed E-state index contributed by atoms with van der Waals surface area (Å²) in [6, 6.07) is -0.681. The molecule has 4 heteroatoms. The first-order chi connectivity index (χ1) is 7.31. The fourth-order valence-electron chi connectivity index (χ4n) is 2.20. The predicted octanol–water partition coefficient (Wildman–Crippen LogP) is 1.61. The number of carbonyl (C=O) groups excluding carboxylic acids is 1. The van der Waals surface area contributed by atoms with Crippen molar-refractivity contribution < 1.29 is 14.3 Å². The smallest absolute Gasteiger partial charge is 0.326 e. The van der Waals surface area contributed by atoms with Crippen LogP contribution in [-0.2, 0) is 14.3 Å². The van der Waals surface area contributed by atoms with Crippen LogP contribution in [0.25, 0.3) is 0 Å². The van der Waals surface area contributed by atoms with Crippen molar-refractivity contribution in [3.05, 3.63) is 0 Å². The van der Waals surface area contributed by atoms with E-state index in [1.54, 1.807) is 7.11 Å². The molecule has 0 amide bonds. The van der Waals surface area contributed by atoms with E-state index in [0.29, 0.717) is 0 Å². The summed E-state index contributed by atoms with van der Waals surface area (Å²) in [6.45, 7) is 5.52. The van der Waals surface area contributed by atoms with E-state index in [0.717, 1.165) is 25.7 Å². The molecule has 0 bridgehead atoms. The third-order valence-electron chi connectivity index (χ3n) is 3.08. The van der Waals surface area contributed by atoms with Crippen LogP contribution in [0.15, 0.2) is 0 Å². The largest absolute Gasteiger partial charge is 0.459 e. The maximum absolute atomic E-state index is 11.9. The zero-order valence-electron chi connectivity index (χ0n) is 10.7. The van der Waals surface area contributed by atoms with Crippen molar-refractivity contribution in [1.82, 2.24) is 0 Å². The predicted molar refractivity (Wildman–Crippen MR) is 62.0 cm³/mol. The van der Waals surface area contributed by atoms with Crippen molar-refractivity contribution >= 4 is 5.97 Å². The molecule has 0 aromatic heterocycles. The highest BCUT2D eigenvalue weighted by atomic mass is 16.6. The molecule has 1 rings (SSSR count). The van der Waals surface area contributed by atoms with Crippen LogP contribution in [-0.4, -0.2) is 30.3 Å². The van der Waals surface area contributed by atoms with E-state index in [1.807, 2.05) is 20.8 Å². The van der Waals surface area contributed by atoms with Crippen LogP contribution in [0.3, 0.4) is 0 Å². The minimum absolute atomic E-state index is 0.365. The van der Waals surface area contributed by atoms with Gasteiger partial charge in [-0.2, -0.15) is 0 Å². The van der Waals surface area contributed by atoms with Gasteiger partial charge in [-0.3, -0.25) is 4.79 Å². The molecule has 1 saturated carbocycles. The number of rotatable bonds is 3. The summed E-state index contributed by atoms with van der Waals surface area (Å²) in [5.41, 5.74) is 4.97. The second-order valence-corrected chi connectivity index (χ2v) is 5.49. The first-order valence-electron chi connectivity index (χ1n) is 5.84. The topological polar surface area (TPSA) is 61.5 Å². The average Bonchev–Trinajstić information content (AvgIpc) is 2.63. The minimum Gasteiger partial charge on any atom is -0.459 e. The highest BCUT2D eigenvalue weighted by molar-refractivity contribution is 5.77. The number of ether oxygens (including phenoxy) is 2. The van der Waals surface area contributed by atoms with Gasteiger partial charge in [-0.05, 0) is 33.6 Å². The molecule has 0 aromatic rings. The van der Waals surface area contributed by atoms with Gasteiger partial charge in [0.25, 0.3) is 0 Å². The van der Waals surface area contributed by atoms with Crippen molar-refractivity contribution in [3.8, 4) is 0 Å². The summed E-state index contributed by atoms with van der Waals surface area (Å²) < 4.78 is 10.8. The van der Waals surface area contributed by atoms with Crippen molar-refractivity contribution in [1.29, 1.82) is 0 Å². The molecular formula is C12H23NO3. The van der Waals surface area contributed by atoms with Gasteiger partial charge in [-0.1, -0.05) is 12.8 Å². The van der Waals surface area contributed by atoms with E-state index in [9.17, 15) is 4.79 Å². The maximum Gasteiger partial charge on any atom is 0.326 e. The minimum atomic E-state index is -0.681. The monoisotopic (exact) mass is 229 g/mol. The molecule has 1 aliphatic carbocycles. The average molecular weight is 229 g/mol. The van der Waals surface area contributed by atoms with Gasteiger partial charge in [0.15, 0.2) is 0 Å². The van der Waals surface area contributed by atoms with Gasteiger partial charge in [0.05, 0.1) is 5.60 Å². The van der Waals surface area contributed by atoms with Gasteiger partial charge in [0.1, 0.15) is 11.6 Å². The number of hydrogen-bond acceptors (Lipinski definition) is 4. The standard InChI is InChI=1S/C12H23NO3/c1-11(2,3)16-10(14)9(13)12(15-4)7-5-6-8-12/h9H,5-8,13H2,1-4H3. The summed E-state index contributed by atoms with van der Waals surface area (Å²) in [5, 5.41) is 0. The lowest BCUT2D eigenvalue weighted by Crippen LogP contribution is -2.54. The van der Waals surface area contributed by atoms with Crippen LogP contribution < -0.4 is 5.73 Å². The number of esters is 1. The molecule has 0 radical (unpaired) electrons. The Hall–Kier alpha value is -0.610. The van der Waals surface area contributed by atoms with Crippen LogP contribution >= 0.6 is 0 Å². The first-order valence-corrected chi connectivity index (χ1v) is 5.84. The second-order valence-electron chi connectivity index (χ2n) is 5.49. The van der Waals surface area contributed by atoms with E-state index in [1.165, 1.54) is 0 Å².